The van der Waals surface area contributed by atoms with Gasteiger partial charge in [-0.15, -0.1) is 0 Å². The number of ether oxygens (including phenoxy) is 1. The van der Waals surface area contributed by atoms with Gasteiger partial charge in [0.1, 0.15) is 0 Å². The molecule has 1 heterocycles. The van der Waals surface area contributed by atoms with Gasteiger partial charge in [0.15, 0.2) is 0 Å². The molecule has 176 valence electrons. The van der Waals surface area contributed by atoms with Crippen molar-refractivity contribution in [3.63, 3.8) is 0 Å². The summed E-state index contributed by atoms with van der Waals surface area (Å²) in [5, 5.41) is 21.5. The van der Waals surface area contributed by atoms with Gasteiger partial charge in [-0.3, -0.25) is 0 Å². The maximum atomic E-state index is 11.2. The van der Waals surface area contributed by atoms with Gasteiger partial charge in [-0.2, -0.15) is 0 Å². The second-order valence-electron chi connectivity index (χ2n) is 13.0. The van der Waals surface area contributed by atoms with Gasteiger partial charge in [-0.1, -0.05) is 53.2 Å². The van der Waals surface area contributed by atoms with Gasteiger partial charge in [0, 0.05) is 0 Å². The van der Waals surface area contributed by atoms with Crippen LogP contribution in [0.2, 0.25) is 0 Å². The standard InChI is InChI=1S/C28H46O3/c1-15(2)16(3)25-26(31-25)17(4)20-7-8-21-19-14-24(30)23-13-18(29)9-11-28(23,6)22(19)10-12-27(20,21)5/h10,15-21,23-26,29-30H,7-9,11-14H2,1-6H3/t16-,17+,18?,19+,20-,21+,23?,24?,25?,26?,27-,28-/m1/s1. The van der Waals surface area contributed by atoms with Gasteiger partial charge in [0.2, 0.25) is 0 Å². The zero-order chi connectivity index (χ0) is 22.3. The van der Waals surface area contributed by atoms with Crippen molar-refractivity contribution in [3.05, 3.63) is 11.6 Å². The topological polar surface area (TPSA) is 53.0 Å². The Balaban J connectivity index is 1.38. The third-order valence-corrected chi connectivity index (χ3v) is 11.4. The monoisotopic (exact) mass is 430 g/mol. The predicted molar refractivity (Wildman–Crippen MR) is 124 cm³/mol. The number of fused-ring (bicyclic) bond motifs is 5. The highest BCUT2D eigenvalue weighted by atomic mass is 16.6. The molecule has 0 aromatic carbocycles. The fraction of sp³-hybridized carbons (Fsp3) is 0.929. The quantitative estimate of drug-likeness (QED) is 0.451. The molecular weight excluding hydrogens is 384 g/mol. The second-order valence-corrected chi connectivity index (χ2v) is 13.0. The highest BCUT2D eigenvalue weighted by molar-refractivity contribution is 5.30. The van der Waals surface area contributed by atoms with Crippen LogP contribution in [0.1, 0.15) is 86.5 Å². The van der Waals surface area contributed by atoms with Crippen molar-refractivity contribution in [2.24, 2.45) is 52.3 Å². The van der Waals surface area contributed by atoms with Crippen LogP contribution in [-0.2, 0) is 4.74 Å². The summed E-state index contributed by atoms with van der Waals surface area (Å²) < 4.78 is 6.28. The molecule has 1 saturated heterocycles. The minimum absolute atomic E-state index is 0.0873. The van der Waals surface area contributed by atoms with Gasteiger partial charge in [-0.25, -0.2) is 0 Å². The van der Waals surface area contributed by atoms with E-state index in [4.69, 9.17) is 4.74 Å². The van der Waals surface area contributed by atoms with Crippen LogP contribution < -0.4 is 0 Å². The lowest BCUT2D eigenvalue weighted by molar-refractivity contribution is -0.0829. The fourth-order valence-corrected chi connectivity index (χ4v) is 9.04. The van der Waals surface area contributed by atoms with Crippen LogP contribution in [-0.4, -0.2) is 34.6 Å². The molecule has 4 fully saturated rings. The van der Waals surface area contributed by atoms with Crippen LogP contribution >= 0.6 is 0 Å². The zero-order valence-electron chi connectivity index (χ0n) is 20.7. The summed E-state index contributed by atoms with van der Waals surface area (Å²) in [5.41, 5.74) is 2.08. The Bertz CT molecular complexity index is 730. The Morgan fingerprint density at radius 2 is 1.71 bits per heavy atom. The summed E-state index contributed by atoms with van der Waals surface area (Å²) in [5.74, 6) is 4.13. The minimum Gasteiger partial charge on any atom is -0.393 e. The van der Waals surface area contributed by atoms with Gasteiger partial charge in [-0.05, 0) is 97.2 Å². The molecule has 5 rings (SSSR count). The normalized spacial score (nSPS) is 53.3. The first-order valence-electron chi connectivity index (χ1n) is 13.3. The molecule has 0 amide bonds. The van der Waals surface area contributed by atoms with Crippen molar-refractivity contribution in [3.8, 4) is 0 Å². The number of aliphatic hydroxyl groups excluding tert-OH is 2. The third kappa shape index (κ3) is 3.31. The molecule has 0 radical (unpaired) electrons. The van der Waals surface area contributed by atoms with E-state index >= 15 is 0 Å². The van der Waals surface area contributed by atoms with Crippen molar-refractivity contribution < 1.29 is 14.9 Å². The molecule has 3 saturated carbocycles. The highest BCUT2D eigenvalue weighted by Gasteiger charge is 2.61. The van der Waals surface area contributed by atoms with Gasteiger partial charge in [0.05, 0.1) is 24.4 Å². The summed E-state index contributed by atoms with van der Waals surface area (Å²) in [7, 11) is 0. The Kier molecular flexibility index (Phi) is 5.47. The lowest BCUT2D eigenvalue weighted by atomic mass is 9.47. The molecule has 2 N–H and O–H groups in total. The van der Waals surface area contributed by atoms with Gasteiger partial charge < -0.3 is 14.9 Å². The van der Waals surface area contributed by atoms with E-state index in [9.17, 15) is 10.2 Å². The molecule has 5 unspecified atom stereocenters. The van der Waals surface area contributed by atoms with Crippen LogP contribution in [0.4, 0.5) is 0 Å². The number of aliphatic hydroxyl groups is 2. The first-order chi connectivity index (χ1) is 14.6. The molecular formula is C28H46O3. The van der Waals surface area contributed by atoms with E-state index in [2.05, 4.69) is 47.6 Å². The number of hydrogen-bond donors (Lipinski definition) is 2. The average Bonchev–Trinajstić information content (AvgIpc) is 3.43. The minimum atomic E-state index is -0.260. The van der Waals surface area contributed by atoms with E-state index in [0.29, 0.717) is 47.2 Å². The van der Waals surface area contributed by atoms with Crippen LogP contribution in [0.3, 0.4) is 0 Å². The van der Waals surface area contributed by atoms with Crippen LogP contribution in [0.5, 0.6) is 0 Å². The summed E-state index contributed by atoms with van der Waals surface area (Å²) >= 11 is 0. The molecule has 0 aromatic rings. The molecule has 5 aliphatic rings. The Morgan fingerprint density at radius 3 is 2.42 bits per heavy atom. The van der Waals surface area contributed by atoms with Crippen LogP contribution in [0, 0.1) is 52.3 Å². The summed E-state index contributed by atoms with van der Waals surface area (Å²) in [4.78, 5) is 0. The lowest BCUT2D eigenvalue weighted by Gasteiger charge is -2.58. The largest absolute Gasteiger partial charge is 0.393 e. The maximum absolute atomic E-state index is 11.2. The molecule has 3 nitrogen and oxygen atoms in total. The molecule has 3 heteroatoms. The number of rotatable bonds is 4. The zero-order valence-corrected chi connectivity index (χ0v) is 20.7. The maximum Gasteiger partial charge on any atom is 0.0873 e. The summed E-state index contributed by atoms with van der Waals surface area (Å²) in [6.07, 6.45) is 10.5. The molecule has 0 aromatic heterocycles. The molecule has 4 aliphatic carbocycles. The fourth-order valence-electron chi connectivity index (χ4n) is 9.04. The predicted octanol–water partition coefficient (Wildman–Crippen LogP) is 5.59. The van der Waals surface area contributed by atoms with Gasteiger partial charge >= 0.3 is 0 Å². The van der Waals surface area contributed by atoms with E-state index in [1.54, 1.807) is 5.57 Å². The van der Waals surface area contributed by atoms with E-state index in [1.807, 2.05) is 0 Å². The van der Waals surface area contributed by atoms with Crippen molar-refractivity contribution in [1.29, 1.82) is 0 Å². The molecule has 0 bridgehead atoms. The van der Waals surface area contributed by atoms with Crippen molar-refractivity contribution in [2.75, 3.05) is 0 Å². The number of allylic oxidation sites excluding steroid dienone is 2. The average molecular weight is 431 g/mol. The Morgan fingerprint density at radius 1 is 0.968 bits per heavy atom. The molecule has 12 atom stereocenters. The Hall–Kier alpha value is -0.380. The van der Waals surface area contributed by atoms with E-state index in [0.717, 1.165) is 31.6 Å². The number of epoxide rings is 1. The van der Waals surface area contributed by atoms with E-state index in [-0.39, 0.29) is 23.5 Å². The first kappa shape index (κ1) is 22.4. The van der Waals surface area contributed by atoms with Crippen molar-refractivity contribution >= 4 is 0 Å². The first-order valence-corrected chi connectivity index (χ1v) is 13.3. The number of hydrogen-bond acceptors (Lipinski definition) is 3. The SMILES string of the molecule is CC(C)[C@@H](C)C1OC1[C@@H](C)[C@H]1CC[C@H]2[C@@H]3CC(O)C4CC(O)CC[C@]4(C)C3=CC[C@]12C. The Labute approximate surface area is 190 Å². The second kappa shape index (κ2) is 7.57. The smallest absolute Gasteiger partial charge is 0.0873 e. The molecule has 31 heavy (non-hydrogen) atoms. The molecule has 0 spiro atoms. The van der Waals surface area contributed by atoms with Gasteiger partial charge in [0.25, 0.3) is 0 Å². The van der Waals surface area contributed by atoms with E-state index < -0.39 is 0 Å². The van der Waals surface area contributed by atoms with Crippen LogP contribution in [0.25, 0.3) is 0 Å². The lowest BCUT2D eigenvalue weighted by Crippen LogP contribution is -2.53. The van der Waals surface area contributed by atoms with Crippen molar-refractivity contribution in [2.45, 2.75) is 111 Å². The highest BCUT2D eigenvalue weighted by Crippen LogP contribution is 2.67. The van der Waals surface area contributed by atoms with Crippen LogP contribution in [0.15, 0.2) is 11.6 Å². The third-order valence-electron chi connectivity index (χ3n) is 11.4. The van der Waals surface area contributed by atoms with Crippen molar-refractivity contribution in [1.82, 2.24) is 0 Å². The summed E-state index contributed by atoms with van der Waals surface area (Å²) in [6.45, 7) is 14.4. The summed E-state index contributed by atoms with van der Waals surface area (Å²) in [6, 6.07) is 0. The van der Waals surface area contributed by atoms with E-state index in [1.165, 1.54) is 19.3 Å². The molecule has 1 aliphatic heterocycles.